The first-order chi connectivity index (χ1) is 22.0. The van der Waals surface area contributed by atoms with Crippen molar-refractivity contribution in [2.75, 3.05) is 18.5 Å². The molecule has 0 bridgehead atoms. The molecule has 46 heavy (non-hydrogen) atoms. The Morgan fingerprint density at radius 3 is 2.24 bits per heavy atom. The third-order valence-corrected chi connectivity index (χ3v) is 7.76. The zero-order chi connectivity index (χ0) is 32.8. The predicted molar refractivity (Wildman–Crippen MR) is 176 cm³/mol. The number of carbonyl (C=O) groups is 3. The van der Waals surface area contributed by atoms with E-state index in [2.05, 4.69) is 28.1 Å². The van der Waals surface area contributed by atoms with Crippen molar-refractivity contribution in [3.63, 3.8) is 0 Å². The molecule has 5 rings (SSSR count). The van der Waals surface area contributed by atoms with Crippen LogP contribution in [0.5, 0.6) is 0 Å². The quantitative estimate of drug-likeness (QED) is 0.133. The molecule has 10 heteroatoms. The van der Waals surface area contributed by atoms with Crippen molar-refractivity contribution in [1.29, 1.82) is 0 Å². The van der Waals surface area contributed by atoms with Gasteiger partial charge in [-0.1, -0.05) is 48.5 Å². The van der Waals surface area contributed by atoms with Crippen molar-refractivity contribution < 1.29 is 28.3 Å². The first-order valence-electron chi connectivity index (χ1n) is 15.4. The first-order valence-corrected chi connectivity index (χ1v) is 15.4. The monoisotopic (exact) mass is 625 g/mol. The van der Waals surface area contributed by atoms with Crippen molar-refractivity contribution in [3.8, 4) is 11.1 Å². The number of alkyl carbamates (subject to hydrolysis) is 2. The highest BCUT2D eigenvalue weighted by Gasteiger charge is 2.30. The number of benzene rings is 3. The zero-order valence-corrected chi connectivity index (χ0v) is 26.5. The topological polar surface area (TPSA) is 136 Å². The van der Waals surface area contributed by atoms with E-state index in [1.54, 1.807) is 39.0 Å². The van der Waals surface area contributed by atoms with Gasteiger partial charge in [-0.05, 0) is 86.9 Å². The van der Waals surface area contributed by atoms with E-state index in [9.17, 15) is 19.2 Å². The molecule has 3 N–H and O–H groups in total. The van der Waals surface area contributed by atoms with Crippen LogP contribution in [0.1, 0.15) is 62.6 Å². The smallest absolute Gasteiger partial charge is 0.407 e. The minimum Gasteiger partial charge on any atom is -0.449 e. The molecule has 240 valence electrons. The number of amides is 3. The fourth-order valence-corrected chi connectivity index (χ4v) is 5.66. The summed E-state index contributed by atoms with van der Waals surface area (Å²) >= 11 is 0. The molecule has 0 radical (unpaired) electrons. The Kier molecular flexibility index (Phi) is 9.75. The number of carbonyl (C=O) groups excluding carboxylic acids is 3. The zero-order valence-electron chi connectivity index (χ0n) is 26.5. The summed E-state index contributed by atoms with van der Waals surface area (Å²) in [5.74, 6) is -0.581. The Hall–Kier alpha value is -5.12. The Bertz CT molecular complexity index is 1760. The molecule has 0 spiro atoms. The van der Waals surface area contributed by atoms with E-state index in [-0.39, 0.29) is 18.9 Å². The van der Waals surface area contributed by atoms with Crippen molar-refractivity contribution >= 4 is 34.8 Å². The largest absolute Gasteiger partial charge is 0.449 e. The van der Waals surface area contributed by atoms with Crippen molar-refractivity contribution in [1.82, 2.24) is 10.6 Å². The van der Waals surface area contributed by atoms with Gasteiger partial charge in [-0.15, -0.1) is 0 Å². The lowest BCUT2D eigenvalue weighted by Crippen LogP contribution is -2.44. The van der Waals surface area contributed by atoms with Crippen molar-refractivity contribution in [3.05, 3.63) is 99.9 Å². The summed E-state index contributed by atoms with van der Waals surface area (Å²) in [5.41, 5.74) is 4.83. The van der Waals surface area contributed by atoms with E-state index in [0.717, 1.165) is 33.2 Å². The highest BCUT2D eigenvalue weighted by Crippen LogP contribution is 2.44. The Balaban J connectivity index is 1.24. The molecule has 10 nitrogen and oxygen atoms in total. The summed E-state index contributed by atoms with van der Waals surface area (Å²) in [5, 5.41) is 9.02. The second-order valence-electron chi connectivity index (χ2n) is 12.4. The number of rotatable bonds is 10. The molecule has 0 saturated carbocycles. The molecular weight excluding hydrogens is 586 g/mol. The van der Waals surface area contributed by atoms with Crippen LogP contribution in [0.25, 0.3) is 22.1 Å². The molecule has 1 atom stereocenters. The van der Waals surface area contributed by atoms with Crippen molar-refractivity contribution in [2.45, 2.75) is 64.5 Å². The first kappa shape index (κ1) is 32.3. The average Bonchev–Trinajstić information content (AvgIpc) is 3.31. The van der Waals surface area contributed by atoms with Gasteiger partial charge in [0, 0.05) is 35.7 Å². The lowest BCUT2D eigenvalue weighted by molar-refractivity contribution is -0.118. The maximum absolute atomic E-state index is 13.5. The standard InChI is InChI=1S/C36H39N3O7/c1-22-19-32(40)45-31-20-23(16-17-24(22)31)38-33(41)30(15-9-10-18-37-34(42)46-36(2,3)4)39-35(43)44-21-29-27-13-7-5-11-25(27)26-12-6-8-14-28(26)29/h5-8,11-14,16-17,19-20,29-30H,9-10,15,18,21H2,1-4H3,(H,37,42)(H,38,41)(H,39,43)/t30-/m1/s1. The highest BCUT2D eigenvalue weighted by atomic mass is 16.6. The van der Waals surface area contributed by atoms with Crippen LogP contribution in [-0.4, -0.2) is 42.9 Å². The molecule has 0 aliphatic heterocycles. The van der Waals surface area contributed by atoms with Gasteiger partial charge < -0.3 is 29.8 Å². The number of ether oxygens (including phenoxy) is 2. The fraction of sp³-hybridized carbons (Fsp3) is 0.333. The number of aryl methyl sites for hydroxylation is 1. The number of fused-ring (bicyclic) bond motifs is 4. The maximum Gasteiger partial charge on any atom is 0.407 e. The molecule has 4 aromatic rings. The summed E-state index contributed by atoms with van der Waals surface area (Å²) in [7, 11) is 0. The van der Waals surface area contributed by atoms with E-state index < -0.39 is 35.4 Å². The summed E-state index contributed by atoms with van der Waals surface area (Å²) < 4.78 is 16.3. The molecule has 0 saturated heterocycles. The molecule has 0 fully saturated rings. The summed E-state index contributed by atoms with van der Waals surface area (Å²) in [4.78, 5) is 50.5. The highest BCUT2D eigenvalue weighted by molar-refractivity contribution is 5.98. The number of nitrogens with one attached hydrogen (secondary N) is 3. The molecule has 0 unspecified atom stereocenters. The predicted octanol–water partition coefficient (Wildman–Crippen LogP) is 6.64. The van der Waals surface area contributed by atoms with Crippen LogP contribution in [0.3, 0.4) is 0 Å². The second-order valence-corrected chi connectivity index (χ2v) is 12.4. The Labute approximate surface area is 267 Å². The van der Waals surface area contributed by atoms with Crippen LogP contribution in [0.15, 0.2) is 82.0 Å². The molecule has 1 aliphatic carbocycles. The van der Waals surface area contributed by atoms with Gasteiger partial charge >= 0.3 is 17.8 Å². The van der Waals surface area contributed by atoms with Crippen LogP contribution >= 0.6 is 0 Å². The van der Waals surface area contributed by atoms with Gasteiger partial charge in [0.1, 0.15) is 23.8 Å². The second kappa shape index (κ2) is 13.9. The number of unbranched alkanes of at least 4 members (excludes halogenated alkanes) is 1. The Morgan fingerprint density at radius 2 is 1.57 bits per heavy atom. The van der Waals surface area contributed by atoms with Crippen LogP contribution in [0.2, 0.25) is 0 Å². The molecular formula is C36H39N3O7. The normalized spacial score (nSPS) is 13.0. The van der Waals surface area contributed by atoms with E-state index in [0.29, 0.717) is 30.7 Å². The van der Waals surface area contributed by atoms with E-state index in [1.807, 2.05) is 43.3 Å². The Morgan fingerprint density at radius 1 is 0.891 bits per heavy atom. The van der Waals surface area contributed by atoms with Gasteiger partial charge in [0.05, 0.1) is 0 Å². The van der Waals surface area contributed by atoms with E-state index >= 15 is 0 Å². The molecule has 1 heterocycles. The van der Waals surface area contributed by atoms with E-state index in [4.69, 9.17) is 13.9 Å². The van der Waals surface area contributed by atoms with E-state index in [1.165, 1.54) is 6.07 Å². The number of hydrogen-bond donors (Lipinski definition) is 3. The molecule has 3 amide bonds. The number of anilines is 1. The van der Waals surface area contributed by atoms with Crippen molar-refractivity contribution in [2.24, 2.45) is 0 Å². The molecule has 1 aliphatic rings. The SMILES string of the molecule is Cc1cc(=O)oc2cc(NC(=O)[C@@H](CCCCNC(=O)OC(C)(C)C)NC(=O)OCC3c4ccccc4-c4ccccc43)ccc12. The van der Waals surface area contributed by atoms with Gasteiger partial charge in [-0.3, -0.25) is 4.79 Å². The van der Waals surface area contributed by atoms with Gasteiger partial charge in [0.25, 0.3) is 0 Å². The minimum atomic E-state index is -0.933. The van der Waals surface area contributed by atoms with Gasteiger partial charge in [0.15, 0.2) is 0 Å². The van der Waals surface area contributed by atoms with Crippen LogP contribution in [0, 0.1) is 6.92 Å². The minimum absolute atomic E-state index is 0.108. The molecule has 1 aromatic heterocycles. The lowest BCUT2D eigenvalue weighted by Gasteiger charge is -2.21. The number of hydrogen-bond acceptors (Lipinski definition) is 7. The van der Waals surface area contributed by atoms with Gasteiger partial charge in [-0.2, -0.15) is 0 Å². The van der Waals surface area contributed by atoms with Crippen LogP contribution in [0.4, 0.5) is 15.3 Å². The average molecular weight is 626 g/mol. The van der Waals surface area contributed by atoms with Gasteiger partial charge in [0.2, 0.25) is 5.91 Å². The molecule has 3 aromatic carbocycles. The fourth-order valence-electron chi connectivity index (χ4n) is 5.66. The summed E-state index contributed by atoms with van der Waals surface area (Å²) in [6, 6.07) is 21.6. The maximum atomic E-state index is 13.5. The van der Waals surface area contributed by atoms with Crippen LogP contribution in [-0.2, 0) is 14.3 Å². The summed E-state index contributed by atoms with van der Waals surface area (Å²) in [6.07, 6.45) is 0.123. The third-order valence-electron chi connectivity index (χ3n) is 7.76. The van der Waals surface area contributed by atoms with Crippen LogP contribution < -0.4 is 21.6 Å². The summed E-state index contributed by atoms with van der Waals surface area (Å²) in [6.45, 7) is 7.62. The lowest BCUT2D eigenvalue weighted by atomic mass is 9.98. The third kappa shape index (κ3) is 7.93. The van der Waals surface area contributed by atoms with Gasteiger partial charge in [-0.25, -0.2) is 14.4 Å².